The number of hydrogen-bond donors (Lipinski definition) is 2. The van der Waals surface area contributed by atoms with E-state index >= 15 is 0 Å². The van der Waals surface area contributed by atoms with Crippen LogP contribution < -0.4 is 11.1 Å². The van der Waals surface area contributed by atoms with Gasteiger partial charge in [-0.15, -0.1) is 0 Å². The van der Waals surface area contributed by atoms with Gasteiger partial charge in [0, 0.05) is 8.04 Å². The highest BCUT2D eigenvalue weighted by Crippen LogP contribution is 2.24. The van der Waals surface area contributed by atoms with Gasteiger partial charge in [-0.1, -0.05) is 0 Å². The van der Waals surface area contributed by atoms with E-state index in [9.17, 15) is 4.79 Å². The molecule has 0 heterocycles. The van der Waals surface area contributed by atoms with Crippen LogP contribution in [0.15, 0.2) is 22.7 Å². The molecule has 1 aromatic rings. The van der Waals surface area contributed by atoms with Crippen molar-refractivity contribution in [3.05, 3.63) is 26.2 Å². The molecule has 3 N–H and O–H groups in total. The Morgan fingerprint density at radius 1 is 1.64 bits per heavy atom. The minimum atomic E-state index is -0.499. The van der Waals surface area contributed by atoms with E-state index in [4.69, 9.17) is 5.73 Å². The standard InChI is InChI=1S/C9H10BrIN2O/c1-5(12)9(14)13-8-3-2-6(11)4-7(8)10/h2-5H,12H2,1H3,(H,13,14)/t5-/m1/s1. The molecule has 0 fully saturated rings. The third kappa shape index (κ3) is 3.21. The fourth-order valence-corrected chi connectivity index (χ4v) is 2.23. The van der Waals surface area contributed by atoms with Gasteiger partial charge in [0.1, 0.15) is 0 Å². The number of halogens is 2. The summed E-state index contributed by atoms with van der Waals surface area (Å²) in [5, 5.41) is 2.72. The molecule has 0 saturated heterocycles. The van der Waals surface area contributed by atoms with Crippen molar-refractivity contribution in [2.45, 2.75) is 13.0 Å². The topological polar surface area (TPSA) is 55.1 Å². The Labute approximate surface area is 105 Å². The van der Waals surface area contributed by atoms with E-state index in [1.165, 1.54) is 0 Å². The molecule has 1 aromatic carbocycles. The second-order valence-corrected chi connectivity index (χ2v) is 5.00. The number of rotatable bonds is 2. The highest BCUT2D eigenvalue weighted by molar-refractivity contribution is 14.1. The Kier molecular flexibility index (Phi) is 4.33. The third-order valence-electron chi connectivity index (χ3n) is 1.60. The van der Waals surface area contributed by atoms with Crippen LogP contribution in [0.4, 0.5) is 5.69 Å². The zero-order chi connectivity index (χ0) is 10.7. The van der Waals surface area contributed by atoms with Crippen molar-refractivity contribution in [3.8, 4) is 0 Å². The Bertz CT molecular complexity index is 355. The van der Waals surface area contributed by atoms with Gasteiger partial charge in [-0.3, -0.25) is 4.79 Å². The van der Waals surface area contributed by atoms with Gasteiger partial charge in [0.05, 0.1) is 11.7 Å². The van der Waals surface area contributed by atoms with E-state index in [0.29, 0.717) is 0 Å². The van der Waals surface area contributed by atoms with Crippen molar-refractivity contribution >= 4 is 50.1 Å². The number of anilines is 1. The van der Waals surface area contributed by atoms with Gasteiger partial charge in [0.25, 0.3) is 0 Å². The first-order valence-corrected chi connectivity index (χ1v) is 5.89. The maximum Gasteiger partial charge on any atom is 0.241 e. The summed E-state index contributed by atoms with van der Waals surface area (Å²) < 4.78 is 1.96. The molecule has 0 radical (unpaired) electrons. The quantitative estimate of drug-likeness (QED) is 0.787. The minimum absolute atomic E-state index is 0.188. The number of hydrogen-bond acceptors (Lipinski definition) is 2. The Hall–Kier alpha value is -0.140. The van der Waals surface area contributed by atoms with Crippen LogP contribution in [-0.4, -0.2) is 11.9 Å². The lowest BCUT2D eigenvalue weighted by molar-refractivity contribution is -0.117. The highest BCUT2D eigenvalue weighted by atomic mass is 127. The average Bonchev–Trinajstić information content (AvgIpc) is 2.09. The normalized spacial score (nSPS) is 12.3. The molecule has 0 aliphatic carbocycles. The molecule has 0 aliphatic rings. The lowest BCUT2D eigenvalue weighted by atomic mass is 10.3. The zero-order valence-corrected chi connectivity index (χ0v) is 11.3. The molecule has 14 heavy (non-hydrogen) atoms. The van der Waals surface area contributed by atoms with Crippen molar-refractivity contribution in [2.24, 2.45) is 5.73 Å². The van der Waals surface area contributed by atoms with E-state index in [1.807, 2.05) is 18.2 Å². The fourth-order valence-electron chi connectivity index (χ4n) is 0.837. The predicted octanol–water partition coefficient (Wildman–Crippen LogP) is 2.34. The van der Waals surface area contributed by atoms with Gasteiger partial charge in [-0.05, 0) is 63.6 Å². The van der Waals surface area contributed by atoms with Gasteiger partial charge in [-0.25, -0.2) is 0 Å². The number of nitrogens with two attached hydrogens (primary N) is 1. The Morgan fingerprint density at radius 2 is 2.29 bits per heavy atom. The average molecular weight is 369 g/mol. The minimum Gasteiger partial charge on any atom is -0.324 e. The Balaban J connectivity index is 2.82. The van der Waals surface area contributed by atoms with E-state index in [-0.39, 0.29) is 5.91 Å². The summed E-state index contributed by atoms with van der Waals surface area (Å²) in [5.74, 6) is -0.188. The third-order valence-corrected chi connectivity index (χ3v) is 2.93. The molecular weight excluding hydrogens is 359 g/mol. The van der Waals surface area contributed by atoms with Crippen LogP contribution in [0.5, 0.6) is 0 Å². The van der Waals surface area contributed by atoms with E-state index in [2.05, 4.69) is 43.8 Å². The first kappa shape index (κ1) is 11.9. The highest BCUT2D eigenvalue weighted by Gasteiger charge is 2.09. The number of carbonyl (C=O) groups is 1. The zero-order valence-electron chi connectivity index (χ0n) is 7.55. The van der Waals surface area contributed by atoms with Gasteiger partial charge >= 0.3 is 0 Å². The molecule has 1 rings (SSSR count). The summed E-state index contributed by atoms with van der Waals surface area (Å²) in [6.45, 7) is 1.65. The van der Waals surface area contributed by atoms with Crippen LogP contribution in [-0.2, 0) is 4.79 Å². The summed E-state index contributed by atoms with van der Waals surface area (Å²) in [6.07, 6.45) is 0. The lowest BCUT2D eigenvalue weighted by Crippen LogP contribution is -2.32. The van der Waals surface area contributed by atoms with Crippen molar-refractivity contribution in [1.29, 1.82) is 0 Å². The molecule has 0 aromatic heterocycles. The molecule has 0 spiro atoms. The van der Waals surface area contributed by atoms with Gasteiger partial charge in [0.2, 0.25) is 5.91 Å². The molecule has 0 bridgehead atoms. The van der Waals surface area contributed by atoms with Crippen LogP contribution in [0.25, 0.3) is 0 Å². The van der Waals surface area contributed by atoms with Crippen LogP contribution in [0.3, 0.4) is 0 Å². The first-order chi connectivity index (χ1) is 6.50. The molecule has 0 aliphatic heterocycles. The smallest absolute Gasteiger partial charge is 0.241 e. The second-order valence-electron chi connectivity index (χ2n) is 2.90. The molecule has 3 nitrogen and oxygen atoms in total. The molecule has 0 saturated carbocycles. The molecule has 1 atom stereocenters. The number of nitrogens with one attached hydrogen (secondary N) is 1. The van der Waals surface area contributed by atoms with Crippen LogP contribution in [0.1, 0.15) is 6.92 Å². The van der Waals surface area contributed by atoms with E-state index < -0.39 is 6.04 Å². The maximum absolute atomic E-state index is 11.3. The lowest BCUT2D eigenvalue weighted by Gasteiger charge is -2.09. The van der Waals surface area contributed by atoms with Crippen LogP contribution >= 0.6 is 38.5 Å². The predicted molar refractivity (Wildman–Crippen MR) is 69.1 cm³/mol. The van der Waals surface area contributed by atoms with Crippen LogP contribution in [0.2, 0.25) is 0 Å². The largest absolute Gasteiger partial charge is 0.324 e. The molecular formula is C9H10BrIN2O. The van der Waals surface area contributed by atoms with E-state index in [1.54, 1.807) is 6.92 Å². The first-order valence-electron chi connectivity index (χ1n) is 4.02. The summed E-state index contributed by atoms with van der Waals surface area (Å²) in [6, 6.07) is 5.19. The summed E-state index contributed by atoms with van der Waals surface area (Å²) in [4.78, 5) is 11.3. The van der Waals surface area contributed by atoms with E-state index in [0.717, 1.165) is 13.7 Å². The summed E-state index contributed by atoms with van der Waals surface area (Å²) in [5.41, 5.74) is 6.18. The number of benzene rings is 1. The van der Waals surface area contributed by atoms with Gasteiger partial charge < -0.3 is 11.1 Å². The number of amides is 1. The summed E-state index contributed by atoms with van der Waals surface area (Å²) in [7, 11) is 0. The molecule has 1 amide bonds. The van der Waals surface area contributed by atoms with Crippen molar-refractivity contribution < 1.29 is 4.79 Å². The Morgan fingerprint density at radius 3 is 2.79 bits per heavy atom. The second kappa shape index (κ2) is 5.09. The van der Waals surface area contributed by atoms with Crippen molar-refractivity contribution in [3.63, 3.8) is 0 Å². The van der Waals surface area contributed by atoms with Crippen molar-refractivity contribution in [1.82, 2.24) is 0 Å². The number of carbonyl (C=O) groups excluding carboxylic acids is 1. The monoisotopic (exact) mass is 368 g/mol. The molecule has 76 valence electrons. The van der Waals surface area contributed by atoms with Gasteiger partial charge in [0.15, 0.2) is 0 Å². The van der Waals surface area contributed by atoms with Crippen LogP contribution in [0, 0.1) is 3.57 Å². The van der Waals surface area contributed by atoms with Crippen molar-refractivity contribution in [2.75, 3.05) is 5.32 Å². The SMILES string of the molecule is C[C@@H](N)C(=O)Nc1ccc(I)cc1Br. The van der Waals surface area contributed by atoms with Gasteiger partial charge in [-0.2, -0.15) is 0 Å². The fraction of sp³-hybridized carbons (Fsp3) is 0.222. The molecule has 5 heteroatoms. The maximum atomic E-state index is 11.3. The summed E-state index contributed by atoms with van der Waals surface area (Å²) >= 11 is 5.57. The molecule has 0 unspecified atom stereocenters.